The fourth-order valence-corrected chi connectivity index (χ4v) is 2.78. The maximum atomic E-state index is 13.2. The zero-order chi connectivity index (χ0) is 15.7. The van der Waals surface area contributed by atoms with Crippen molar-refractivity contribution in [1.29, 1.82) is 0 Å². The number of benzene rings is 2. The van der Waals surface area contributed by atoms with E-state index in [9.17, 15) is 4.39 Å². The first-order chi connectivity index (χ1) is 10.6. The summed E-state index contributed by atoms with van der Waals surface area (Å²) >= 11 is 0. The zero-order valence-electron chi connectivity index (χ0n) is 13.0. The molecule has 0 spiro atoms. The molecule has 0 bridgehead atoms. The fourth-order valence-electron chi connectivity index (χ4n) is 2.78. The first-order valence-corrected chi connectivity index (χ1v) is 7.48. The summed E-state index contributed by atoms with van der Waals surface area (Å²) in [6.45, 7) is 6.30. The van der Waals surface area contributed by atoms with Gasteiger partial charge in [0.2, 0.25) is 0 Å². The number of hydrogen-bond acceptors (Lipinski definition) is 1. The van der Waals surface area contributed by atoms with E-state index in [-0.39, 0.29) is 11.9 Å². The Balaban J connectivity index is 2.25. The zero-order valence-corrected chi connectivity index (χ0v) is 13.0. The number of aromatic nitrogens is 2. The van der Waals surface area contributed by atoms with Gasteiger partial charge in [-0.1, -0.05) is 42.5 Å². The Kier molecular flexibility index (Phi) is 3.80. The highest BCUT2D eigenvalue weighted by molar-refractivity contribution is 5.82. The maximum Gasteiger partial charge on any atom is 0.123 e. The summed E-state index contributed by atoms with van der Waals surface area (Å²) in [5, 5.41) is 4.80. The second kappa shape index (κ2) is 5.76. The van der Waals surface area contributed by atoms with E-state index in [4.69, 9.17) is 5.10 Å². The Morgan fingerprint density at radius 2 is 1.55 bits per heavy atom. The highest BCUT2D eigenvalue weighted by atomic mass is 19.1. The molecule has 3 rings (SSSR count). The summed E-state index contributed by atoms with van der Waals surface area (Å²) in [7, 11) is 0. The molecule has 0 radical (unpaired) electrons. The van der Waals surface area contributed by atoms with Crippen LogP contribution in [0.1, 0.15) is 25.6 Å². The minimum absolute atomic E-state index is 0.223. The molecule has 112 valence electrons. The first-order valence-electron chi connectivity index (χ1n) is 7.48. The van der Waals surface area contributed by atoms with Gasteiger partial charge in [-0.3, -0.25) is 4.68 Å². The molecule has 0 N–H and O–H groups in total. The molecule has 2 aromatic carbocycles. The van der Waals surface area contributed by atoms with E-state index >= 15 is 0 Å². The van der Waals surface area contributed by atoms with Crippen LogP contribution in [0.25, 0.3) is 22.4 Å². The van der Waals surface area contributed by atoms with E-state index in [2.05, 4.69) is 32.9 Å². The van der Waals surface area contributed by atoms with Gasteiger partial charge in [-0.2, -0.15) is 5.10 Å². The third-order valence-electron chi connectivity index (χ3n) is 3.82. The number of nitrogens with zero attached hydrogens (tertiary/aromatic N) is 2. The topological polar surface area (TPSA) is 17.8 Å². The monoisotopic (exact) mass is 294 g/mol. The third-order valence-corrected chi connectivity index (χ3v) is 3.82. The lowest BCUT2D eigenvalue weighted by molar-refractivity contribution is 0.521. The van der Waals surface area contributed by atoms with E-state index in [1.807, 2.05) is 35.0 Å². The number of hydrogen-bond donors (Lipinski definition) is 0. The van der Waals surface area contributed by atoms with Crippen molar-refractivity contribution in [3.05, 3.63) is 66.1 Å². The van der Waals surface area contributed by atoms with Crippen LogP contribution in [0.3, 0.4) is 0 Å². The molecular formula is C19H19FN2. The second-order valence-corrected chi connectivity index (χ2v) is 5.72. The van der Waals surface area contributed by atoms with E-state index < -0.39 is 0 Å². The molecule has 1 aromatic heterocycles. The molecular weight excluding hydrogens is 275 g/mol. The molecule has 2 nitrogen and oxygen atoms in total. The lowest BCUT2D eigenvalue weighted by Gasteiger charge is -2.08. The van der Waals surface area contributed by atoms with Gasteiger partial charge >= 0.3 is 0 Å². The highest BCUT2D eigenvalue weighted by Crippen LogP contribution is 2.35. The molecule has 0 aliphatic heterocycles. The Morgan fingerprint density at radius 3 is 2.14 bits per heavy atom. The molecule has 0 amide bonds. The summed E-state index contributed by atoms with van der Waals surface area (Å²) in [5.74, 6) is -0.223. The van der Waals surface area contributed by atoms with Gasteiger partial charge in [0.25, 0.3) is 0 Å². The smallest absolute Gasteiger partial charge is 0.123 e. The highest BCUT2D eigenvalue weighted by Gasteiger charge is 2.19. The van der Waals surface area contributed by atoms with Crippen molar-refractivity contribution in [1.82, 2.24) is 9.78 Å². The fraction of sp³-hybridized carbons (Fsp3) is 0.211. The molecule has 0 aliphatic carbocycles. The predicted octanol–water partition coefficient (Wildman–Crippen LogP) is 5.25. The van der Waals surface area contributed by atoms with Crippen molar-refractivity contribution in [2.75, 3.05) is 0 Å². The summed E-state index contributed by atoms with van der Waals surface area (Å²) < 4.78 is 15.3. The third kappa shape index (κ3) is 2.54. The molecule has 22 heavy (non-hydrogen) atoms. The van der Waals surface area contributed by atoms with Crippen LogP contribution in [0.15, 0.2) is 54.6 Å². The van der Waals surface area contributed by atoms with Crippen molar-refractivity contribution in [2.45, 2.75) is 26.8 Å². The second-order valence-electron chi connectivity index (χ2n) is 5.72. The molecule has 0 unspecified atom stereocenters. The molecule has 0 atom stereocenters. The largest absolute Gasteiger partial charge is 0.266 e. The van der Waals surface area contributed by atoms with Crippen LogP contribution in [0.5, 0.6) is 0 Å². The first kappa shape index (κ1) is 14.5. The normalized spacial score (nSPS) is 11.1. The maximum absolute atomic E-state index is 13.2. The van der Waals surface area contributed by atoms with Crippen molar-refractivity contribution in [3.8, 4) is 22.4 Å². The van der Waals surface area contributed by atoms with E-state index in [1.165, 1.54) is 12.1 Å². The summed E-state index contributed by atoms with van der Waals surface area (Å²) in [6, 6.07) is 17.0. The van der Waals surface area contributed by atoms with Crippen LogP contribution in [0, 0.1) is 12.7 Å². The summed E-state index contributed by atoms with van der Waals surface area (Å²) in [4.78, 5) is 0. The van der Waals surface area contributed by atoms with Crippen LogP contribution < -0.4 is 0 Å². The average molecular weight is 294 g/mol. The SMILES string of the molecule is Cc1c(-c2ccc(F)cc2)c(-c2ccccc2)nn1C(C)C. The average Bonchev–Trinajstić information content (AvgIpc) is 2.87. The Hall–Kier alpha value is -2.42. The van der Waals surface area contributed by atoms with Gasteiger partial charge in [0.1, 0.15) is 11.5 Å². The molecule has 1 heterocycles. The van der Waals surface area contributed by atoms with Crippen molar-refractivity contribution < 1.29 is 4.39 Å². The van der Waals surface area contributed by atoms with Crippen LogP contribution in [0.4, 0.5) is 4.39 Å². The van der Waals surface area contributed by atoms with Gasteiger partial charge < -0.3 is 0 Å². The van der Waals surface area contributed by atoms with Crippen molar-refractivity contribution >= 4 is 0 Å². The van der Waals surface area contributed by atoms with Crippen LogP contribution in [-0.4, -0.2) is 9.78 Å². The van der Waals surface area contributed by atoms with Crippen molar-refractivity contribution in [3.63, 3.8) is 0 Å². The Labute approximate surface area is 130 Å². The van der Waals surface area contributed by atoms with Gasteiger partial charge in [-0.25, -0.2) is 4.39 Å². The lowest BCUT2D eigenvalue weighted by atomic mass is 9.99. The molecule has 0 aliphatic rings. The van der Waals surface area contributed by atoms with Gasteiger partial charge in [-0.05, 0) is 38.5 Å². The van der Waals surface area contributed by atoms with Gasteiger partial charge in [0.05, 0.1) is 0 Å². The summed E-state index contributed by atoms with van der Waals surface area (Å²) in [6.07, 6.45) is 0. The number of rotatable bonds is 3. The van der Waals surface area contributed by atoms with Crippen molar-refractivity contribution in [2.24, 2.45) is 0 Å². The predicted molar refractivity (Wildman–Crippen MR) is 88.2 cm³/mol. The minimum Gasteiger partial charge on any atom is -0.266 e. The molecule has 3 heteroatoms. The van der Waals surface area contributed by atoms with Crippen LogP contribution >= 0.6 is 0 Å². The van der Waals surface area contributed by atoms with Gasteiger partial charge in [0, 0.05) is 22.9 Å². The summed E-state index contributed by atoms with van der Waals surface area (Å²) in [5.41, 5.74) is 5.17. The van der Waals surface area contributed by atoms with Crippen LogP contribution in [-0.2, 0) is 0 Å². The molecule has 3 aromatic rings. The van der Waals surface area contributed by atoms with E-state index in [0.29, 0.717) is 0 Å². The number of halogens is 1. The quantitative estimate of drug-likeness (QED) is 0.645. The van der Waals surface area contributed by atoms with E-state index in [0.717, 1.165) is 28.1 Å². The standard InChI is InChI=1S/C19H19FN2/c1-13(2)22-14(3)18(15-9-11-17(20)12-10-15)19(21-22)16-7-5-4-6-8-16/h4-13H,1-3H3. The minimum atomic E-state index is -0.223. The Morgan fingerprint density at radius 1 is 0.909 bits per heavy atom. The molecule has 0 fully saturated rings. The van der Waals surface area contributed by atoms with Gasteiger partial charge in [-0.15, -0.1) is 0 Å². The Bertz CT molecular complexity index is 771. The molecule has 0 saturated carbocycles. The van der Waals surface area contributed by atoms with Crippen LogP contribution in [0.2, 0.25) is 0 Å². The lowest BCUT2D eigenvalue weighted by Crippen LogP contribution is -2.04. The molecule has 0 saturated heterocycles. The van der Waals surface area contributed by atoms with Gasteiger partial charge in [0.15, 0.2) is 0 Å². The van der Waals surface area contributed by atoms with E-state index in [1.54, 1.807) is 0 Å².